The van der Waals surface area contributed by atoms with Crippen LogP contribution in [0.25, 0.3) is 10.9 Å². The van der Waals surface area contributed by atoms with E-state index in [4.69, 9.17) is 11.6 Å². The van der Waals surface area contributed by atoms with Crippen LogP contribution in [0.1, 0.15) is 11.3 Å². The first-order valence-electron chi connectivity index (χ1n) is 9.21. The van der Waals surface area contributed by atoms with E-state index in [2.05, 4.69) is 15.5 Å². The summed E-state index contributed by atoms with van der Waals surface area (Å²) in [4.78, 5) is 38.7. The molecule has 0 aliphatic carbocycles. The zero-order chi connectivity index (χ0) is 21.3. The molecule has 2 aromatic carbocycles. The largest absolute Gasteiger partial charge is 0.332 e. The van der Waals surface area contributed by atoms with Crippen molar-refractivity contribution in [2.75, 3.05) is 5.32 Å². The molecule has 152 valence electrons. The fourth-order valence-electron chi connectivity index (χ4n) is 3.29. The van der Waals surface area contributed by atoms with E-state index < -0.39 is 17.2 Å². The van der Waals surface area contributed by atoms with E-state index in [9.17, 15) is 14.4 Å². The van der Waals surface area contributed by atoms with Gasteiger partial charge in [0.05, 0.1) is 17.4 Å². The molecule has 0 unspecified atom stereocenters. The molecule has 0 bridgehead atoms. The summed E-state index contributed by atoms with van der Waals surface area (Å²) in [7, 11) is 0. The molecule has 2 heterocycles. The van der Waals surface area contributed by atoms with Crippen LogP contribution < -0.4 is 16.6 Å². The average Bonchev–Trinajstić information content (AvgIpc) is 3.13. The van der Waals surface area contributed by atoms with Gasteiger partial charge in [-0.3, -0.25) is 23.8 Å². The molecular formula is C21H18ClN5O3. The van der Waals surface area contributed by atoms with E-state index >= 15 is 0 Å². The summed E-state index contributed by atoms with van der Waals surface area (Å²) in [5, 5.41) is 10.2. The summed E-state index contributed by atoms with van der Waals surface area (Å²) < 4.78 is 2.40. The Morgan fingerprint density at radius 1 is 1.10 bits per heavy atom. The number of hydrogen-bond donors (Lipinski definition) is 2. The molecule has 0 radical (unpaired) electrons. The first-order valence-corrected chi connectivity index (χ1v) is 9.59. The van der Waals surface area contributed by atoms with E-state index in [1.807, 2.05) is 6.92 Å². The van der Waals surface area contributed by atoms with Crippen molar-refractivity contribution in [1.82, 2.24) is 19.3 Å². The molecule has 0 atom stereocenters. The second kappa shape index (κ2) is 8.00. The van der Waals surface area contributed by atoms with Crippen molar-refractivity contribution in [3.63, 3.8) is 0 Å². The number of carbonyl (C=O) groups is 1. The number of H-pyrrole nitrogens is 1. The molecule has 1 amide bonds. The number of nitrogens with zero attached hydrogens (tertiary/aromatic N) is 3. The zero-order valence-electron chi connectivity index (χ0n) is 16.1. The van der Waals surface area contributed by atoms with Crippen LogP contribution in [0.15, 0.2) is 64.2 Å². The number of carbonyl (C=O) groups excluding carboxylic acids is 1. The monoisotopic (exact) mass is 423 g/mol. The van der Waals surface area contributed by atoms with E-state index in [1.165, 1.54) is 4.57 Å². The van der Waals surface area contributed by atoms with Gasteiger partial charge in [-0.05, 0) is 36.8 Å². The van der Waals surface area contributed by atoms with Gasteiger partial charge < -0.3 is 5.32 Å². The van der Waals surface area contributed by atoms with Crippen molar-refractivity contribution in [1.29, 1.82) is 0 Å². The van der Waals surface area contributed by atoms with Crippen molar-refractivity contribution >= 4 is 34.2 Å². The standard InChI is InChI=1S/C21H18ClN5O3/c1-13-9-18(25-24-13)23-19(28)12-26-17-8-3-2-7-16(17)20(29)27(21(26)30)11-14-5-4-6-15(22)10-14/h2-10H,11-12H2,1H3,(H2,23,24,25,28). The number of aromatic amines is 1. The Hall–Kier alpha value is -3.65. The molecule has 0 spiro atoms. The normalized spacial score (nSPS) is 11.0. The van der Waals surface area contributed by atoms with E-state index in [-0.39, 0.29) is 13.1 Å². The maximum Gasteiger partial charge on any atom is 0.332 e. The van der Waals surface area contributed by atoms with Crippen molar-refractivity contribution in [2.45, 2.75) is 20.0 Å². The highest BCUT2D eigenvalue weighted by molar-refractivity contribution is 6.30. The van der Waals surface area contributed by atoms with Gasteiger partial charge in [0.2, 0.25) is 5.91 Å². The van der Waals surface area contributed by atoms with Gasteiger partial charge >= 0.3 is 5.69 Å². The van der Waals surface area contributed by atoms with Crippen molar-refractivity contribution in [2.24, 2.45) is 0 Å². The third-order valence-electron chi connectivity index (χ3n) is 4.64. The van der Waals surface area contributed by atoms with Crippen LogP contribution in [0.4, 0.5) is 5.82 Å². The number of anilines is 1. The topological polar surface area (TPSA) is 102 Å². The molecule has 0 aliphatic heterocycles. The van der Waals surface area contributed by atoms with E-state index in [0.29, 0.717) is 27.3 Å². The molecule has 4 aromatic rings. The zero-order valence-corrected chi connectivity index (χ0v) is 16.8. The molecule has 2 N–H and O–H groups in total. The molecule has 2 aromatic heterocycles. The summed E-state index contributed by atoms with van der Waals surface area (Å²) >= 11 is 6.03. The lowest BCUT2D eigenvalue weighted by atomic mass is 10.2. The number of halogens is 1. The lowest BCUT2D eigenvalue weighted by Gasteiger charge is -2.14. The Kier molecular flexibility index (Phi) is 5.24. The number of rotatable bonds is 5. The minimum Gasteiger partial charge on any atom is -0.308 e. The maximum atomic E-state index is 13.2. The number of benzene rings is 2. The van der Waals surface area contributed by atoms with E-state index in [0.717, 1.165) is 10.3 Å². The lowest BCUT2D eigenvalue weighted by molar-refractivity contribution is -0.116. The molecule has 0 saturated heterocycles. The van der Waals surface area contributed by atoms with E-state index in [1.54, 1.807) is 54.6 Å². The van der Waals surface area contributed by atoms with Crippen LogP contribution in [0.3, 0.4) is 0 Å². The summed E-state index contributed by atoms with van der Waals surface area (Å²) in [6, 6.07) is 15.3. The first kappa shape index (κ1) is 19.7. The SMILES string of the molecule is Cc1cc(NC(=O)Cn2c(=O)n(Cc3cccc(Cl)c3)c(=O)c3ccccc32)n[nH]1. The molecule has 0 aliphatic rings. The Labute approximate surface area is 175 Å². The Morgan fingerprint density at radius 3 is 2.63 bits per heavy atom. The quantitative estimate of drug-likeness (QED) is 0.515. The van der Waals surface area contributed by atoms with Gasteiger partial charge in [0.1, 0.15) is 6.54 Å². The third-order valence-corrected chi connectivity index (χ3v) is 4.87. The molecule has 9 heteroatoms. The molecule has 0 fully saturated rings. The number of fused-ring (bicyclic) bond motifs is 1. The van der Waals surface area contributed by atoms with Gasteiger partial charge in [0.25, 0.3) is 5.56 Å². The average molecular weight is 424 g/mol. The second-order valence-electron chi connectivity index (χ2n) is 6.89. The highest BCUT2D eigenvalue weighted by Gasteiger charge is 2.16. The molecule has 30 heavy (non-hydrogen) atoms. The fourth-order valence-corrected chi connectivity index (χ4v) is 3.50. The van der Waals surface area contributed by atoms with Crippen molar-refractivity contribution in [3.8, 4) is 0 Å². The summed E-state index contributed by atoms with van der Waals surface area (Å²) in [6.07, 6.45) is 0. The molecular weight excluding hydrogens is 406 g/mol. The Morgan fingerprint density at radius 2 is 1.90 bits per heavy atom. The highest BCUT2D eigenvalue weighted by atomic mass is 35.5. The molecule has 4 rings (SSSR count). The number of amides is 1. The predicted octanol–water partition coefficient (Wildman–Crippen LogP) is 2.54. The highest BCUT2D eigenvalue weighted by Crippen LogP contribution is 2.12. The van der Waals surface area contributed by atoms with Crippen LogP contribution in [-0.2, 0) is 17.9 Å². The summed E-state index contributed by atoms with van der Waals surface area (Å²) in [5.74, 6) is -0.0659. The lowest BCUT2D eigenvalue weighted by Crippen LogP contribution is -2.42. The number of aryl methyl sites for hydroxylation is 1. The van der Waals surface area contributed by atoms with Gasteiger partial charge in [-0.2, -0.15) is 5.10 Å². The minimum atomic E-state index is -0.577. The Balaban J connectivity index is 1.77. The number of hydrogen-bond acceptors (Lipinski definition) is 4. The first-order chi connectivity index (χ1) is 14.4. The second-order valence-corrected chi connectivity index (χ2v) is 7.33. The number of nitrogens with one attached hydrogen (secondary N) is 2. The van der Waals surface area contributed by atoms with Crippen molar-refractivity contribution < 1.29 is 4.79 Å². The predicted molar refractivity (Wildman–Crippen MR) is 115 cm³/mol. The maximum absolute atomic E-state index is 13.2. The van der Waals surface area contributed by atoms with Gasteiger partial charge in [0, 0.05) is 16.8 Å². The Bertz CT molecular complexity index is 1370. The molecule has 8 nitrogen and oxygen atoms in total. The van der Waals surface area contributed by atoms with Crippen LogP contribution in [0, 0.1) is 6.92 Å². The third kappa shape index (κ3) is 3.90. The van der Waals surface area contributed by atoms with Gasteiger partial charge in [0.15, 0.2) is 5.82 Å². The van der Waals surface area contributed by atoms with Crippen LogP contribution in [0.5, 0.6) is 0 Å². The van der Waals surface area contributed by atoms with Gasteiger partial charge in [-0.15, -0.1) is 0 Å². The summed E-state index contributed by atoms with van der Waals surface area (Å²) in [6.45, 7) is 1.59. The van der Waals surface area contributed by atoms with Crippen LogP contribution in [0.2, 0.25) is 5.02 Å². The van der Waals surface area contributed by atoms with Crippen LogP contribution in [-0.4, -0.2) is 25.2 Å². The fraction of sp³-hybridized carbons (Fsp3) is 0.143. The summed E-state index contributed by atoms with van der Waals surface area (Å²) in [5.41, 5.74) is 0.897. The minimum absolute atomic E-state index is 0.0449. The van der Waals surface area contributed by atoms with Gasteiger partial charge in [-0.25, -0.2) is 4.79 Å². The van der Waals surface area contributed by atoms with Crippen LogP contribution >= 0.6 is 11.6 Å². The smallest absolute Gasteiger partial charge is 0.308 e. The number of aromatic nitrogens is 4. The number of para-hydroxylation sites is 1. The van der Waals surface area contributed by atoms with Gasteiger partial charge in [-0.1, -0.05) is 35.9 Å². The van der Waals surface area contributed by atoms with Crippen molar-refractivity contribution in [3.05, 3.63) is 91.7 Å². The molecule has 0 saturated carbocycles.